The molecule has 5 atom stereocenters. The Morgan fingerprint density at radius 3 is 2.41 bits per heavy atom. The molecule has 174 valence electrons. The molecule has 0 aromatic heterocycles. The Morgan fingerprint density at radius 1 is 1.12 bits per heavy atom. The number of aliphatic hydroxyl groups is 1. The molecule has 2 fully saturated rings. The van der Waals surface area contributed by atoms with Crippen molar-refractivity contribution in [3.8, 4) is 5.75 Å². The molecule has 2 heterocycles. The zero-order valence-corrected chi connectivity index (χ0v) is 18.4. The lowest BCUT2D eigenvalue weighted by Crippen LogP contribution is -2.73. The summed E-state index contributed by atoms with van der Waals surface area (Å²) in [4.78, 5) is 50.4. The van der Waals surface area contributed by atoms with Crippen molar-refractivity contribution in [2.75, 3.05) is 13.4 Å². The zero-order valence-electron chi connectivity index (χ0n) is 18.4. The number of carbonyl (C=O) groups excluding carboxylic acids is 4. The molecule has 2 N–H and O–H groups in total. The van der Waals surface area contributed by atoms with E-state index >= 15 is 0 Å². The van der Waals surface area contributed by atoms with E-state index < -0.39 is 66.1 Å². The smallest absolute Gasteiger partial charge is 0.332 e. The topological polar surface area (TPSA) is 131 Å². The molecule has 10 nitrogen and oxygen atoms in total. The number of para-hydroxylation sites is 1. The highest BCUT2D eigenvalue weighted by Crippen LogP contribution is 2.40. The summed E-state index contributed by atoms with van der Waals surface area (Å²) in [7, 11) is 0. The molecule has 0 spiro atoms. The average molecular weight is 448 g/mol. The van der Waals surface area contributed by atoms with Crippen LogP contribution in [-0.4, -0.2) is 71.4 Å². The first kappa shape index (κ1) is 23.5. The van der Waals surface area contributed by atoms with Crippen LogP contribution >= 0.6 is 0 Å². The molecule has 2 saturated heterocycles. The van der Waals surface area contributed by atoms with Gasteiger partial charge < -0.3 is 29.5 Å². The van der Waals surface area contributed by atoms with E-state index in [1.165, 1.54) is 4.90 Å². The van der Waals surface area contributed by atoms with Gasteiger partial charge in [-0.25, -0.2) is 4.79 Å². The van der Waals surface area contributed by atoms with Crippen LogP contribution in [0.25, 0.3) is 0 Å². The van der Waals surface area contributed by atoms with Gasteiger partial charge in [0.05, 0.1) is 17.6 Å². The minimum Gasteiger partial charge on any atom is -0.484 e. The van der Waals surface area contributed by atoms with Crippen LogP contribution in [0.2, 0.25) is 0 Å². The van der Waals surface area contributed by atoms with Crippen LogP contribution in [0, 0.1) is 11.3 Å². The number of nitrogens with zero attached hydrogens (tertiary/aromatic N) is 1. The number of nitrogens with one attached hydrogen (secondary N) is 1. The van der Waals surface area contributed by atoms with Gasteiger partial charge in [-0.05, 0) is 32.9 Å². The van der Waals surface area contributed by atoms with Crippen LogP contribution in [0.1, 0.15) is 27.7 Å². The number of aliphatic hydroxyl groups excluding tert-OH is 1. The van der Waals surface area contributed by atoms with E-state index in [1.54, 1.807) is 52.0 Å². The highest BCUT2D eigenvalue weighted by Gasteiger charge is 2.64. The molecule has 0 bridgehead atoms. The van der Waals surface area contributed by atoms with Crippen LogP contribution in [0.15, 0.2) is 30.3 Å². The van der Waals surface area contributed by atoms with E-state index in [1.807, 2.05) is 6.07 Å². The predicted molar refractivity (Wildman–Crippen MR) is 110 cm³/mol. The Kier molecular flexibility index (Phi) is 6.73. The molecule has 1 aromatic rings. The first-order chi connectivity index (χ1) is 15.0. The van der Waals surface area contributed by atoms with Gasteiger partial charge in [-0.2, -0.15) is 0 Å². The fourth-order valence-corrected chi connectivity index (χ4v) is 3.77. The third-order valence-corrected chi connectivity index (χ3v) is 5.54. The summed E-state index contributed by atoms with van der Waals surface area (Å²) in [6, 6.07) is 5.98. The van der Waals surface area contributed by atoms with Gasteiger partial charge in [0.2, 0.25) is 12.7 Å². The lowest BCUT2D eigenvalue weighted by Gasteiger charge is -2.45. The number of hydrogen-bond donors (Lipinski definition) is 2. The van der Waals surface area contributed by atoms with Gasteiger partial charge in [0, 0.05) is 5.92 Å². The minimum absolute atomic E-state index is 0.295. The summed E-state index contributed by atoms with van der Waals surface area (Å²) < 4.78 is 15.3. The number of rotatable bonds is 7. The molecular weight excluding hydrogens is 420 g/mol. The zero-order chi connectivity index (χ0) is 23.6. The summed E-state index contributed by atoms with van der Waals surface area (Å²) in [5.74, 6) is -2.47. The molecule has 0 unspecified atom stereocenters. The van der Waals surface area contributed by atoms with Crippen molar-refractivity contribution < 1.29 is 38.5 Å². The molecule has 0 saturated carbocycles. The van der Waals surface area contributed by atoms with Gasteiger partial charge in [-0.3, -0.25) is 14.4 Å². The van der Waals surface area contributed by atoms with Crippen molar-refractivity contribution in [1.29, 1.82) is 0 Å². The number of esters is 2. The lowest BCUT2D eigenvalue weighted by atomic mass is 9.92. The second kappa shape index (κ2) is 9.15. The Bertz CT molecular complexity index is 882. The van der Waals surface area contributed by atoms with Gasteiger partial charge in [-0.1, -0.05) is 25.1 Å². The van der Waals surface area contributed by atoms with E-state index in [-0.39, 0.29) is 6.61 Å². The Morgan fingerprint density at radius 2 is 1.78 bits per heavy atom. The molecule has 0 radical (unpaired) electrons. The van der Waals surface area contributed by atoms with Crippen LogP contribution in [0.5, 0.6) is 5.75 Å². The minimum atomic E-state index is -1.04. The summed E-state index contributed by atoms with van der Waals surface area (Å²) in [5.41, 5.74) is -0.753. The van der Waals surface area contributed by atoms with E-state index in [0.717, 1.165) is 0 Å². The normalized spacial score (nSPS) is 26.6. The van der Waals surface area contributed by atoms with Gasteiger partial charge in [0.15, 0.2) is 6.61 Å². The molecule has 32 heavy (non-hydrogen) atoms. The Balaban J connectivity index is 1.54. The quantitative estimate of drug-likeness (QED) is 0.344. The number of benzene rings is 1. The van der Waals surface area contributed by atoms with Crippen LogP contribution < -0.4 is 10.1 Å². The van der Waals surface area contributed by atoms with E-state index in [9.17, 15) is 24.3 Å². The largest absolute Gasteiger partial charge is 0.484 e. The molecular formula is C22H28N2O8. The first-order valence-electron chi connectivity index (χ1n) is 10.3. The van der Waals surface area contributed by atoms with Gasteiger partial charge >= 0.3 is 11.9 Å². The van der Waals surface area contributed by atoms with Gasteiger partial charge in [0.1, 0.15) is 17.8 Å². The predicted octanol–water partition coefficient (Wildman–Crippen LogP) is 0.230. The summed E-state index contributed by atoms with van der Waals surface area (Å²) in [6.07, 6.45) is -1.04. The van der Waals surface area contributed by atoms with E-state index in [2.05, 4.69) is 5.32 Å². The van der Waals surface area contributed by atoms with Crippen molar-refractivity contribution in [3.63, 3.8) is 0 Å². The van der Waals surface area contributed by atoms with Crippen LogP contribution in [0.3, 0.4) is 0 Å². The summed E-state index contributed by atoms with van der Waals surface area (Å²) in [6.45, 7) is 5.72. The van der Waals surface area contributed by atoms with E-state index in [0.29, 0.717) is 5.75 Å². The van der Waals surface area contributed by atoms with Crippen molar-refractivity contribution in [2.45, 2.75) is 51.9 Å². The molecule has 2 amide bonds. The molecule has 2 aliphatic heterocycles. The van der Waals surface area contributed by atoms with Crippen molar-refractivity contribution in [3.05, 3.63) is 30.3 Å². The number of β-lactam (4-membered cyclic amide) rings is 1. The lowest BCUT2D eigenvalue weighted by molar-refractivity contribution is -0.180. The number of fused-ring (bicyclic) bond motifs is 1. The maximum Gasteiger partial charge on any atom is 0.332 e. The second-order valence-electron chi connectivity index (χ2n) is 8.94. The highest BCUT2D eigenvalue weighted by atomic mass is 16.7. The maximum absolute atomic E-state index is 12.6. The standard InChI is InChI=1S/C22H28N2O8/c1-12-16(20(28)31-11-32-21(29)22(2,3)4)24-17(18(12)26)15(19(24)27)23-14(25)10-30-13-8-6-5-7-9-13/h5-9,12,15-18,26H,10-11H2,1-4H3,(H,23,25)/t12-,15+,16-,17+,18+/m1/s1. The Labute approximate surface area is 185 Å². The highest BCUT2D eigenvalue weighted by molar-refractivity contribution is 5.98. The first-order valence-corrected chi connectivity index (χ1v) is 10.3. The molecule has 3 rings (SSSR count). The number of carbonyl (C=O) groups is 4. The SMILES string of the molecule is C[C@H]1[C@H](O)[C@@H]2[C@H](NC(=O)COc3ccccc3)C(=O)N2[C@H]1C(=O)OCOC(=O)C(C)(C)C. The summed E-state index contributed by atoms with van der Waals surface area (Å²) in [5, 5.41) is 13.1. The van der Waals surface area contributed by atoms with Crippen molar-refractivity contribution >= 4 is 23.8 Å². The Hall–Kier alpha value is -3.14. The maximum atomic E-state index is 12.6. The number of ether oxygens (including phenoxy) is 3. The van der Waals surface area contributed by atoms with Gasteiger partial charge in [-0.15, -0.1) is 0 Å². The number of hydrogen-bond acceptors (Lipinski definition) is 8. The van der Waals surface area contributed by atoms with E-state index in [4.69, 9.17) is 14.2 Å². The third-order valence-electron chi connectivity index (χ3n) is 5.54. The van der Waals surface area contributed by atoms with Gasteiger partial charge in [0.25, 0.3) is 5.91 Å². The van der Waals surface area contributed by atoms with Crippen LogP contribution in [0.4, 0.5) is 0 Å². The monoisotopic (exact) mass is 448 g/mol. The molecule has 10 heteroatoms. The number of amides is 2. The second-order valence-corrected chi connectivity index (χ2v) is 8.94. The summed E-state index contributed by atoms with van der Waals surface area (Å²) >= 11 is 0. The fraction of sp³-hybridized carbons (Fsp3) is 0.545. The fourth-order valence-electron chi connectivity index (χ4n) is 3.77. The van der Waals surface area contributed by atoms with Crippen molar-refractivity contribution in [1.82, 2.24) is 10.2 Å². The molecule has 0 aliphatic carbocycles. The molecule has 2 aliphatic rings. The molecule has 1 aromatic carbocycles. The van der Waals surface area contributed by atoms with Crippen molar-refractivity contribution in [2.24, 2.45) is 11.3 Å². The van der Waals surface area contributed by atoms with Crippen LogP contribution in [-0.2, 0) is 28.7 Å². The average Bonchev–Trinajstić information content (AvgIpc) is 2.98. The third kappa shape index (κ3) is 4.69.